The van der Waals surface area contributed by atoms with Crippen LogP contribution in [0.4, 0.5) is 4.79 Å². The second-order valence-corrected chi connectivity index (χ2v) is 6.29. The van der Waals surface area contributed by atoms with Gasteiger partial charge in [-0.1, -0.05) is 48.0 Å². The van der Waals surface area contributed by atoms with Gasteiger partial charge in [-0.15, -0.1) is 0 Å². The molecule has 0 unspecified atom stereocenters. The topological polar surface area (TPSA) is 61.4 Å². The van der Waals surface area contributed by atoms with E-state index in [4.69, 9.17) is 0 Å². The third kappa shape index (κ3) is 4.38. The molecule has 0 aliphatic carbocycles. The Morgan fingerprint density at radius 3 is 2.64 bits per heavy atom. The average Bonchev–Trinajstić information content (AvgIpc) is 3.02. The smallest absolute Gasteiger partial charge is 0.317 e. The van der Waals surface area contributed by atoms with Gasteiger partial charge in [0.15, 0.2) is 0 Å². The van der Waals surface area contributed by atoms with Crippen LogP contribution in [0.5, 0.6) is 0 Å². The fraction of sp³-hybridized carbons (Fsp3) is 0.300. The first kappa shape index (κ1) is 17.0. The van der Waals surface area contributed by atoms with E-state index < -0.39 is 0 Å². The summed E-state index contributed by atoms with van der Waals surface area (Å²) in [5.74, 6) is -0.0951. The lowest BCUT2D eigenvalue weighted by molar-refractivity contribution is 0.0949. The number of amides is 3. The molecule has 1 heterocycles. The SMILES string of the molecule is Cc1ccc(Cc2ccccc2C(=O)NCCN2CCNC2=O)cc1. The summed E-state index contributed by atoms with van der Waals surface area (Å²) in [5.41, 5.74) is 4.09. The molecule has 25 heavy (non-hydrogen) atoms. The molecule has 1 aliphatic rings. The highest BCUT2D eigenvalue weighted by Gasteiger charge is 2.19. The molecule has 5 nitrogen and oxygen atoms in total. The van der Waals surface area contributed by atoms with E-state index in [1.807, 2.05) is 24.3 Å². The van der Waals surface area contributed by atoms with Gasteiger partial charge in [0.2, 0.25) is 0 Å². The summed E-state index contributed by atoms with van der Waals surface area (Å²) in [7, 11) is 0. The van der Waals surface area contributed by atoms with E-state index in [9.17, 15) is 9.59 Å². The lowest BCUT2D eigenvalue weighted by Crippen LogP contribution is -2.37. The van der Waals surface area contributed by atoms with Crippen molar-refractivity contribution in [2.24, 2.45) is 0 Å². The summed E-state index contributed by atoms with van der Waals surface area (Å²) < 4.78 is 0. The van der Waals surface area contributed by atoms with E-state index in [-0.39, 0.29) is 11.9 Å². The Morgan fingerprint density at radius 2 is 1.92 bits per heavy atom. The molecule has 0 atom stereocenters. The molecule has 1 fully saturated rings. The second-order valence-electron chi connectivity index (χ2n) is 6.29. The fourth-order valence-corrected chi connectivity index (χ4v) is 2.95. The van der Waals surface area contributed by atoms with Crippen LogP contribution >= 0.6 is 0 Å². The number of carbonyl (C=O) groups is 2. The standard InChI is InChI=1S/C20H23N3O2/c1-15-6-8-16(9-7-15)14-17-4-2-3-5-18(17)19(24)21-10-12-23-13-11-22-20(23)25/h2-9H,10-14H2,1H3,(H,21,24)(H,22,25). The number of urea groups is 1. The minimum atomic E-state index is -0.0951. The highest BCUT2D eigenvalue weighted by Crippen LogP contribution is 2.15. The zero-order chi connectivity index (χ0) is 17.6. The summed E-state index contributed by atoms with van der Waals surface area (Å²) >= 11 is 0. The largest absolute Gasteiger partial charge is 0.350 e. The molecule has 1 aliphatic heterocycles. The molecule has 0 saturated carbocycles. The summed E-state index contributed by atoms with van der Waals surface area (Å²) in [6.45, 7) is 4.40. The average molecular weight is 337 g/mol. The Hall–Kier alpha value is -2.82. The van der Waals surface area contributed by atoms with Gasteiger partial charge >= 0.3 is 6.03 Å². The van der Waals surface area contributed by atoms with Gasteiger partial charge in [0, 0.05) is 31.7 Å². The number of hydrogen-bond donors (Lipinski definition) is 2. The van der Waals surface area contributed by atoms with E-state index in [2.05, 4.69) is 41.8 Å². The molecule has 0 radical (unpaired) electrons. The molecular formula is C20H23N3O2. The van der Waals surface area contributed by atoms with Gasteiger partial charge in [0.25, 0.3) is 5.91 Å². The first-order chi connectivity index (χ1) is 12.1. The van der Waals surface area contributed by atoms with Gasteiger partial charge in [-0.2, -0.15) is 0 Å². The van der Waals surface area contributed by atoms with E-state index in [0.717, 1.165) is 12.0 Å². The summed E-state index contributed by atoms with van der Waals surface area (Å²) in [6.07, 6.45) is 0.721. The highest BCUT2D eigenvalue weighted by molar-refractivity contribution is 5.95. The van der Waals surface area contributed by atoms with Crippen molar-refractivity contribution in [3.05, 3.63) is 70.8 Å². The third-order valence-electron chi connectivity index (χ3n) is 4.39. The molecule has 5 heteroatoms. The first-order valence-corrected chi connectivity index (χ1v) is 8.58. The minimum Gasteiger partial charge on any atom is -0.350 e. The number of nitrogens with zero attached hydrogens (tertiary/aromatic N) is 1. The first-order valence-electron chi connectivity index (χ1n) is 8.58. The number of benzene rings is 2. The van der Waals surface area contributed by atoms with Crippen LogP contribution in [0.1, 0.15) is 27.0 Å². The van der Waals surface area contributed by atoms with Crippen molar-refractivity contribution >= 4 is 11.9 Å². The summed E-state index contributed by atoms with van der Waals surface area (Å²) in [5, 5.41) is 5.68. The molecule has 0 aromatic heterocycles. The summed E-state index contributed by atoms with van der Waals surface area (Å²) in [4.78, 5) is 25.7. The molecular weight excluding hydrogens is 314 g/mol. The predicted molar refractivity (Wildman–Crippen MR) is 97.7 cm³/mol. The van der Waals surface area contributed by atoms with Crippen LogP contribution in [-0.4, -0.2) is 43.0 Å². The maximum Gasteiger partial charge on any atom is 0.317 e. The van der Waals surface area contributed by atoms with Crippen molar-refractivity contribution in [1.82, 2.24) is 15.5 Å². The van der Waals surface area contributed by atoms with Gasteiger partial charge in [0.05, 0.1) is 0 Å². The third-order valence-corrected chi connectivity index (χ3v) is 4.39. The Kier molecular flexibility index (Phi) is 5.33. The normalized spacial score (nSPS) is 13.6. The number of hydrogen-bond acceptors (Lipinski definition) is 2. The van der Waals surface area contributed by atoms with Crippen LogP contribution in [-0.2, 0) is 6.42 Å². The Balaban J connectivity index is 1.62. The van der Waals surface area contributed by atoms with Crippen LogP contribution < -0.4 is 10.6 Å². The molecule has 2 aromatic rings. The maximum absolute atomic E-state index is 12.5. The minimum absolute atomic E-state index is 0.0611. The van der Waals surface area contributed by atoms with Crippen LogP contribution in [0.2, 0.25) is 0 Å². The quantitative estimate of drug-likeness (QED) is 0.850. The number of rotatable bonds is 6. The molecule has 0 spiro atoms. The molecule has 130 valence electrons. The van der Waals surface area contributed by atoms with Gasteiger partial charge in [-0.25, -0.2) is 4.79 Å². The van der Waals surface area contributed by atoms with Crippen molar-refractivity contribution in [2.75, 3.05) is 26.2 Å². The molecule has 3 rings (SSSR count). The lowest BCUT2D eigenvalue weighted by atomic mass is 9.98. The number of carbonyl (C=O) groups excluding carboxylic acids is 2. The van der Waals surface area contributed by atoms with E-state index >= 15 is 0 Å². The van der Waals surface area contributed by atoms with Crippen LogP contribution in [0.3, 0.4) is 0 Å². The molecule has 0 bridgehead atoms. The fourth-order valence-electron chi connectivity index (χ4n) is 2.95. The zero-order valence-electron chi connectivity index (χ0n) is 14.4. The molecule has 2 N–H and O–H groups in total. The lowest BCUT2D eigenvalue weighted by Gasteiger charge is -2.15. The van der Waals surface area contributed by atoms with Gasteiger partial charge in [-0.3, -0.25) is 4.79 Å². The zero-order valence-corrected chi connectivity index (χ0v) is 14.4. The molecule has 3 amide bonds. The van der Waals surface area contributed by atoms with Crippen LogP contribution in [0.15, 0.2) is 48.5 Å². The van der Waals surface area contributed by atoms with Gasteiger partial charge in [-0.05, 0) is 30.5 Å². The second kappa shape index (κ2) is 7.83. The maximum atomic E-state index is 12.5. The summed E-state index contributed by atoms with van der Waals surface area (Å²) in [6, 6.07) is 16.0. The van der Waals surface area contributed by atoms with Crippen molar-refractivity contribution in [3.63, 3.8) is 0 Å². The number of aryl methyl sites for hydroxylation is 1. The van der Waals surface area contributed by atoms with Crippen LogP contribution in [0.25, 0.3) is 0 Å². The number of nitrogens with one attached hydrogen (secondary N) is 2. The van der Waals surface area contributed by atoms with Gasteiger partial charge in [0.1, 0.15) is 0 Å². The highest BCUT2D eigenvalue weighted by atomic mass is 16.2. The van der Waals surface area contributed by atoms with Crippen molar-refractivity contribution in [1.29, 1.82) is 0 Å². The van der Waals surface area contributed by atoms with Crippen molar-refractivity contribution < 1.29 is 9.59 Å². The van der Waals surface area contributed by atoms with Gasteiger partial charge < -0.3 is 15.5 Å². The molecule has 1 saturated heterocycles. The van der Waals surface area contributed by atoms with Crippen molar-refractivity contribution in [3.8, 4) is 0 Å². The van der Waals surface area contributed by atoms with Crippen LogP contribution in [0, 0.1) is 6.92 Å². The Bertz CT molecular complexity index is 756. The Morgan fingerprint density at radius 1 is 1.16 bits per heavy atom. The van der Waals surface area contributed by atoms with E-state index in [1.165, 1.54) is 11.1 Å². The monoisotopic (exact) mass is 337 g/mol. The Labute approximate surface area is 148 Å². The van der Waals surface area contributed by atoms with E-state index in [0.29, 0.717) is 31.7 Å². The van der Waals surface area contributed by atoms with E-state index in [1.54, 1.807) is 4.90 Å². The van der Waals surface area contributed by atoms with Crippen molar-refractivity contribution in [2.45, 2.75) is 13.3 Å². The predicted octanol–water partition coefficient (Wildman–Crippen LogP) is 2.34. The molecule has 2 aromatic carbocycles.